The first-order valence-electron chi connectivity index (χ1n) is 12.4. The largest absolute Gasteiger partial charge is 0.392 e. The fraction of sp³-hybridized carbons (Fsp3) is 0.379. The zero-order chi connectivity index (χ0) is 24.2. The van der Waals surface area contributed by atoms with E-state index in [1.807, 2.05) is 36.4 Å². The molecular formula is C29H34N2O4. The van der Waals surface area contributed by atoms with Crippen molar-refractivity contribution in [3.8, 4) is 11.1 Å². The van der Waals surface area contributed by atoms with Crippen molar-refractivity contribution in [2.45, 2.75) is 50.6 Å². The van der Waals surface area contributed by atoms with E-state index in [2.05, 4.69) is 41.3 Å². The third kappa shape index (κ3) is 5.81. The maximum atomic E-state index is 9.96. The highest BCUT2D eigenvalue weighted by molar-refractivity contribution is 5.64. The molecule has 6 nitrogen and oxygen atoms in total. The van der Waals surface area contributed by atoms with Gasteiger partial charge in [-0.1, -0.05) is 66.7 Å². The van der Waals surface area contributed by atoms with Gasteiger partial charge in [0.05, 0.1) is 24.9 Å². The summed E-state index contributed by atoms with van der Waals surface area (Å²) in [4.78, 5) is 2.27. The van der Waals surface area contributed by atoms with Gasteiger partial charge in [0.1, 0.15) is 0 Å². The standard InChI is InChI=1S/C29H34N2O4/c30-16-21-2-1-3-25(14-21)22-8-10-24(11-9-22)29-34-27(18-31-13-12-26(33)17-31)15-28(35-29)23-6-4-20(19-32)5-7-23/h1-11,14,26-29,32-33H,12-13,15-19,30H2/t26-,27-,28+,29+/m0/s1. The molecule has 0 bridgehead atoms. The third-order valence-corrected chi connectivity index (χ3v) is 7.00. The SMILES string of the molecule is NCc1cccc(-c2ccc([C@@H]3O[C@H](CN4CC[C@H](O)C4)C[C@H](c4ccc(CO)cc4)O3)cc2)c1. The van der Waals surface area contributed by atoms with Gasteiger partial charge in [0, 0.05) is 38.2 Å². The summed E-state index contributed by atoms with van der Waals surface area (Å²) in [5.41, 5.74) is 12.1. The van der Waals surface area contributed by atoms with E-state index in [1.165, 1.54) is 0 Å². The van der Waals surface area contributed by atoms with Gasteiger partial charge in [-0.2, -0.15) is 0 Å². The molecule has 2 aliphatic heterocycles. The van der Waals surface area contributed by atoms with Crippen LogP contribution in [-0.2, 0) is 22.6 Å². The van der Waals surface area contributed by atoms with Crippen LogP contribution in [0.15, 0.2) is 72.8 Å². The van der Waals surface area contributed by atoms with Crippen LogP contribution in [0.4, 0.5) is 0 Å². The molecule has 6 heteroatoms. The van der Waals surface area contributed by atoms with Gasteiger partial charge in [0.2, 0.25) is 0 Å². The molecule has 3 aromatic rings. The summed E-state index contributed by atoms with van der Waals surface area (Å²) in [7, 11) is 0. The number of ether oxygens (including phenoxy) is 2. The van der Waals surface area contributed by atoms with Gasteiger partial charge in [-0.25, -0.2) is 0 Å². The van der Waals surface area contributed by atoms with Gasteiger partial charge in [-0.05, 0) is 40.3 Å². The molecule has 2 saturated heterocycles. The monoisotopic (exact) mass is 474 g/mol. The van der Waals surface area contributed by atoms with Crippen molar-refractivity contribution in [3.05, 3.63) is 95.1 Å². The van der Waals surface area contributed by atoms with Gasteiger partial charge in [-0.15, -0.1) is 0 Å². The molecule has 4 N–H and O–H groups in total. The number of likely N-dealkylation sites (tertiary alicyclic amines) is 1. The van der Waals surface area contributed by atoms with E-state index in [-0.39, 0.29) is 24.9 Å². The first-order chi connectivity index (χ1) is 17.1. The van der Waals surface area contributed by atoms with E-state index < -0.39 is 6.29 Å². The van der Waals surface area contributed by atoms with Crippen LogP contribution in [0.2, 0.25) is 0 Å². The summed E-state index contributed by atoms with van der Waals surface area (Å²) in [5, 5.41) is 19.4. The second-order valence-electron chi connectivity index (χ2n) is 9.58. The van der Waals surface area contributed by atoms with Crippen LogP contribution in [0.5, 0.6) is 0 Å². The molecule has 0 saturated carbocycles. The second-order valence-corrected chi connectivity index (χ2v) is 9.58. The molecule has 0 spiro atoms. The van der Waals surface area contributed by atoms with Crippen LogP contribution in [0.25, 0.3) is 11.1 Å². The highest BCUT2D eigenvalue weighted by atomic mass is 16.7. The van der Waals surface area contributed by atoms with Crippen LogP contribution >= 0.6 is 0 Å². The maximum Gasteiger partial charge on any atom is 0.184 e. The maximum absolute atomic E-state index is 9.96. The summed E-state index contributed by atoms with van der Waals surface area (Å²) < 4.78 is 12.9. The van der Waals surface area contributed by atoms with Crippen LogP contribution in [0.1, 0.15) is 47.5 Å². The Kier molecular flexibility index (Phi) is 7.58. The first-order valence-corrected chi connectivity index (χ1v) is 12.4. The Morgan fingerprint density at radius 3 is 2.34 bits per heavy atom. The molecule has 0 unspecified atom stereocenters. The van der Waals surface area contributed by atoms with Crippen LogP contribution < -0.4 is 5.73 Å². The van der Waals surface area contributed by atoms with Crippen molar-refractivity contribution >= 4 is 0 Å². The Hall–Kier alpha value is -2.58. The van der Waals surface area contributed by atoms with E-state index in [0.29, 0.717) is 13.1 Å². The number of rotatable bonds is 7. The van der Waals surface area contributed by atoms with Crippen LogP contribution in [0.3, 0.4) is 0 Å². The fourth-order valence-corrected chi connectivity index (χ4v) is 5.01. The Labute approximate surface area is 206 Å². The smallest absolute Gasteiger partial charge is 0.184 e. The molecule has 0 amide bonds. The number of nitrogens with zero attached hydrogens (tertiary/aromatic N) is 1. The second kappa shape index (κ2) is 11.0. The minimum atomic E-state index is -0.478. The lowest BCUT2D eigenvalue weighted by molar-refractivity contribution is -0.252. The summed E-state index contributed by atoms with van der Waals surface area (Å²) >= 11 is 0. The number of hydrogen-bond acceptors (Lipinski definition) is 6. The van der Waals surface area contributed by atoms with Crippen LogP contribution in [-0.4, -0.2) is 47.0 Å². The lowest BCUT2D eigenvalue weighted by atomic mass is 9.99. The van der Waals surface area contributed by atoms with Crippen molar-refractivity contribution in [2.24, 2.45) is 5.73 Å². The Balaban J connectivity index is 1.36. The van der Waals surface area contributed by atoms with Crippen LogP contribution in [0, 0.1) is 0 Å². The highest BCUT2D eigenvalue weighted by Gasteiger charge is 2.34. The van der Waals surface area contributed by atoms with E-state index in [4.69, 9.17) is 15.2 Å². The number of aliphatic hydroxyl groups is 2. The van der Waals surface area contributed by atoms with Crippen molar-refractivity contribution in [1.82, 2.24) is 4.90 Å². The molecular weight excluding hydrogens is 440 g/mol. The van der Waals surface area contributed by atoms with E-state index >= 15 is 0 Å². The molecule has 2 heterocycles. The van der Waals surface area contributed by atoms with Crippen molar-refractivity contribution in [3.63, 3.8) is 0 Å². The number of β-amino-alcohol motifs (C(OH)–C–C–N with tert-alkyl or cyclic N) is 1. The molecule has 35 heavy (non-hydrogen) atoms. The lowest BCUT2D eigenvalue weighted by Gasteiger charge is -2.37. The molecule has 0 aliphatic carbocycles. The summed E-state index contributed by atoms with van der Waals surface area (Å²) in [6.45, 7) is 2.90. The third-order valence-electron chi connectivity index (χ3n) is 7.00. The minimum absolute atomic E-state index is 0.0116. The number of hydrogen-bond donors (Lipinski definition) is 3. The number of aliphatic hydroxyl groups excluding tert-OH is 2. The number of benzene rings is 3. The van der Waals surface area contributed by atoms with Gasteiger partial charge in [0.15, 0.2) is 6.29 Å². The summed E-state index contributed by atoms with van der Waals surface area (Å²) in [6, 6.07) is 24.6. The van der Waals surface area contributed by atoms with Gasteiger partial charge < -0.3 is 25.4 Å². The first kappa shape index (κ1) is 24.1. The predicted molar refractivity (Wildman–Crippen MR) is 135 cm³/mol. The molecule has 0 radical (unpaired) electrons. The zero-order valence-electron chi connectivity index (χ0n) is 19.9. The van der Waals surface area contributed by atoms with E-state index in [1.54, 1.807) is 0 Å². The number of nitrogens with two attached hydrogens (primary N) is 1. The van der Waals surface area contributed by atoms with E-state index in [9.17, 15) is 10.2 Å². The fourth-order valence-electron chi connectivity index (χ4n) is 5.01. The Morgan fingerprint density at radius 1 is 0.886 bits per heavy atom. The van der Waals surface area contributed by atoms with Gasteiger partial charge >= 0.3 is 0 Å². The Morgan fingerprint density at radius 2 is 1.66 bits per heavy atom. The van der Waals surface area contributed by atoms with Crippen molar-refractivity contribution in [1.29, 1.82) is 0 Å². The predicted octanol–water partition coefficient (Wildman–Crippen LogP) is 3.92. The van der Waals surface area contributed by atoms with E-state index in [0.717, 1.165) is 59.3 Å². The molecule has 3 aromatic carbocycles. The molecule has 4 atom stereocenters. The Bertz CT molecular complexity index is 1100. The minimum Gasteiger partial charge on any atom is -0.392 e. The highest BCUT2D eigenvalue weighted by Crippen LogP contribution is 2.39. The molecule has 184 valence electrons. The topological polar surface area (TPSA) is 88.2 Å². The normalized spacial score (nSPS) is 25.1. The lowest BCUT2D eigenvalue weighted by Crippen LogP contribution is -2.38. The van der Waals surface area contributed by atoms with Crippen molar-refractivity contribution in [2.75, 3.05) is 19.6 Å². The average Bonchev–Trinajstić information content (AvgIpc) is 3.32. The molecule has 0 aromatic heterocycles. The quantitative estimate of drug-likeness (QED) is 0.481. The summed E-state index contributed by atoms with van der Waals surface area (Å²) in [5.74, 6) is 0. The van der Waals surface area contributed by atoms with Gasteiger partial charge in [-0.3, -0.25) is 4.90 Å². The zero-order valence-corrected chi connectivity index (χ0v) is 19.9. The van der Waals surface area contributed by atoms with Crippen molar-refractivity contribution < 1.29 is 19.7 Å². The molecule has 2 fully saturated rings. The molecule has 2 aliphatic rings. The molecule has 5 rings (SSSR count). The average molecular weight is 475 g/mol. The van der Waals surface area contributed by atoms with Gasteiger partial charge in [0.25, 0.3) is 0 Å². The summed E-state index contributed by atoms with van der Waals surface area (Å²) in [6.07, 6.45) is 0.699.